The lowest BCUT2D eigenvalue weighted by atomic mass is 9.84. The minimum Gasteiger partial charge on any atom is -0.481 e. The van der Waals surface area contributed by atoms with Crippen LogP contribution in [-0.4, -0.2) is 20.9 Å². The molecule has 1 aliphatic rings. The molecular weight excluding hydrogens is 228 g/mol. The second-order valence-corrected chi connectivity index (χ2v) is 4.85. The fourth-order valence-electron chi connectivity index (χ4n) is 2.38. The van der Waals surface area contributed by atoms with Gasteiger partial charge in [0, 0.05) is 12.6 Å². The van der Waals surface area contributed by atoms with Gasteiger partial charge in [-0.2, -0.15) is 5.10 Å². The third-order valence-corrected chi connectivity index (χ3v) is 3.42. The molecule has 4 nitrogen and oxygen atoms in total. The molecule has 0 amide bonds. The number of carboxylic acid groups (broad SMARTS) is 1. The molecule has 0 radical (unpaired) electrons. The van der Waals surface area contributed by atoms with E-state index in [1.807, 2.05) is 10.9 Å². The minimum atomic E-state index is -0.689. The summed E-state index contributed by atoms with van der Waals surface area (Å²) in [5.74, 6) is -0.356. The topological polar surface area (TPSA) is 55.1 Å². The predicted molar refractivity (Wildman–Crippen MR) is 60.5 cm³/mol. The number of hydrogen-bond donors (Lipinski definition) is 1. The Hall–Kier alpha value is -1.03. The highest BCUT2D eigenvalue weighted by Gasteiger charge is 2.24. The Kier molecular flexibility index (Phi) is 3.49. The maximum atomic E-state index is 10.6. The van der Waals surface area contributed by atoms with E-state index in [4.69, 9.17) is 16.7 Å². The Morgan fingerprint density at radius 1 is 1.50 bits per heavy atom. The van der Waals surface area contributed by atoms with E-state index >= 15 is 0 Å². The number of nitrogens with zero attached hydrogens (tertiary/aromatic N) is 2. The van der Waals surface area contributed by atoms with Gasteiger partial charge in [-0.05, 0) is 31.6 Å². The summed E-state index contributed by atoms with van der Waals surface area (Å²) in [6, 6.07) is 0.387. The van der Waals surface area contributed by atoms with Gasteiger partial charge in [-0.3, -0.25) is 9.48 Å². The molecular formula is C11H15ClN2O2. The number of halogens is 1. The number of aromatic nitrogens is 2. The van der Waals surface area contributed by atoms with Crippen molar-refractivity contribution in [1.82, 2.24) is 9.78 Å². The molecule has 0 spiro atoms. The first-order valence-corrected chi connectivity index (χ1v) is 5.94. The van der Waals surface area contributed by atoms with Crippen LogP contribution in [-0.2, 0) is 4.79 Å². The third kappa shape index (κ3) is 2.76. The van der Waals surface area contributed by atoms with Crippen LogP contribution in [0.1, 0.15) is 38.1 Å². The Balaban J connectivity index is 1.87. The third-order valence-electron chi connectivity index (χ3n) is 3.22. The lowest BCUT2D eigenvalue weighted by Crippen LogP contribution is -2.20. The van der Waals surface area contributed by atoms with E-state index in [0.29, 0.717) is 23.4 Å². The molecule has 1 aliphatic carbocycles. The van der Waals surface area contributed by atoms with Gasteiger partial charge >= 0.3 is 5.97 Å². The van der Waals surface area contributed by atoms with Gasteiger partial charge in [0.25, 0.3) is 0 Å². The first kappa shape index (κ1) is 11.5. The summed E-state index contributed by atoms with van der Waals surface area (Å²) < 4.78 is 1.90. The zero-order chi connectivity index (χ0) is 11.5. The number of aliphatic carboxylic acids is 1. The number of rotatable bonds is 3. The van der Waals surface area contributed by atoms with E-state index in [2.05, 4.69) is 5.10 Å². The normalized spacial score (nSPS) is 25.6. The van der Waals surface area contributed by atoms with Crippen molar-refractivity contribution >= 4 is 17.6 Å². The fraction of sp³-hybridized carbons (Fsp3) is 0.636. The molecule has 5 heteroatoms. The molecule has 1 N–H and O–H groups in total. The molecule has 0 bridgehead atoms. The van der Waals surface area contributed by atoms with Crippen LogP contribution in [0.5, 0.6) is 0 Å². The SMILES string of the molecule is O=C(O)CC1CCC(n2cc(Cl)cn2)CC1. The lowest BCUT2D eigenvalue weighted by Gasteiger charge is -2.27. The van der Waals surface area contributed by atoms with E-state index < -0.39 is 5.97 Å². The van der Waals surface area contributed by atoms with Crippen molar-refractivity contribution in [1.29, 1.82) is 0 Å². The molecule has 1 aromatic rings. The van der Waals surface area contributed by atoms with Gasteiger partial charge in [0.2, 0.25) is 0 Å². The molecule has 1 aromatic heterocycles. The molecule has 1 heterocycles. The van der Waals surface area contributed by atoms with Crippen molar-refractivity contribution < 1.29 is 9.90 Å². The van der Waals surface area contributed by atoms with Crippen LogP contribution in [0.3, 0.4) is 0 Å². The minimum absolute atomic E-state index is 0.298. The highest BCUT2D eigenvalue weighted by Crippen LogP contribution is 2.33. The van der Waals surface area contributed by atoms with Crippen LogP contribution in [0.4, 0.5) is 0 Å². The molecule has 0 saturated heterocycles. The number of carboxylic acids is 1. The van der Waals surface area contributed by atoms with E-state index in [9.17, 15) is 4.79 Å². The second-order valence-electron chi connectivity index (χ2n) is 4.41. The average Bonchev–Trinajstić information content (AvgIpc) is 2.65. The van der Waals surface area contributed by atoms with E-state index in [1.54, 1.807) is 6.20 Å². The average molecular weight is 243 g/mol. The molecule has 1 saturated carbocycles. The highest BCUT2D eigenvalue weighted by molar-refractivity contribution is 6.30. The van der Waals surface area contributed by atoms with Crippen molar-refractivity contribution in [3.63, 3.8) is 0 Å². The lowest BCUT2D eigenvalue weighted by molar-refractivity contribution is -0.138. The van der Waals surface area contributed by atoms with Gasteiger partial charge in [-0.1, -0.05) is 11.6 Å². The molecule has 0 atom stereocenters. The summed E-state index contributed by atoms with van der Waals surface area (Å²) in [6.07, 6.45) is 7.70. The van der Waals surface area contributed by atoms with Crippen molar-refractivity contribution in [3.8, 4) is 0 Å². The molecule has 0 aliphatic heterocycles. The number of hydrogen-bond acceptors (Lipinski definition) is 2. The summed E-state index contributed by atoms with van der Waals surface area (Å²) in [5.41, 5.74) is 0. The molecule has 0 aromatic carbocycles. The van der Waals surface area contributed by atoms with E-state index in [1.165, 1.54) is 0 Å². The zero-order valence-corrected chi connectivity index (χ0v) is 9.73. The van der Waals surface area contributed by atoms with Gasteiger partial charge in [-0.25, -0.2) is 0 Å². The fourth-order valence-corrected chi connectivity index (χ4v) is 2.52. The van der Waals surface area contributed by atoms with Crippen molar-refractivity contribution in [3.05, 3.63) is 17.4 Å². The molecule has 0 unspecified atom stereocenters. The second kappa shape index (κ2) is 4.87. The summed E-state index contributed by atoms with van der Waals surface area (Å²) in [4.78, 5) is 10.6. The summed E-state index contributed by atoms with van der Waals surface area (Å²) in [7, 11) is 0. The standard InChI is InChI=1S/C11H15ClN2O2/c12-9-6-13-14(7-9)10-3-1-8(2-4-10)5-11(15)16/h6-8,10H,1-5H2,(H,15,16). The van der Waals surface area contributed by atoms with Crippen molar-refractivity contribution in [2.24, 2.45) is 5.92 Å². The Morgan fingerprint density at radius 3 is 2.69 bits per heavy atom. The maximum Gasteiger partial charge on any atom is 0.303 e. The first-order chi connectivity index (χ1) is 7.65. The summed E-state index contributed by atoms with van der Waals surface area (Å²) >= 11 is 5.82. The monoisotopic (exact) mass is 242 g/mol. The van der Waals surface area contributed by atoms with Gasteiger partial charge in [0.1, 0.15) is 0 Å². The smallest absolute Gasteiger partial charge is 0.303 e. The van der Waals surface area contributed by atoms with E-state index in [0.717, 1.165) is 25.7 Å². The zero-order valence-electron chi connectivity index (χ0n) is 8.97. The molecule has 1 fully saturated rings. The maximum absolute atomic E-state index is 10.6. The first-order valence-electron chi connectivity index (χ1n) is 5.56. The van der Waals surface area contributed by atoms with Crippen LogP contribution in [0, 0.1) is 5.92 Å². The van der Waals surface area contributed by atoms with Crippen LogP contribution in [0.15, 0.2) is 12.4 Å². The van der Waals surface area contributed by atoms with Gasteiger partial charge in [0.05, 0.1) is 17.3 Å². The van der Waals surface area contributed by atoms with Crippen molar-refractivity contribution in [2.45, 2.75) is 38.1 Å². The van der Waals surface area contributed by atoms with Crippen LogP contribution < -0.4 is 0 Å². The molecule has 16 heavy (non-hydrogen) atoms. The Labute approximate surface area is 99.2 Å². The number of carbonyl (C=O) groups is 1. The van der Waals surface area contributed by atoms with Crippen LogP contribution in [0.2, 0.25) is 5.02 Å². The van der Waals surface area contributed by atoms with E-state index in [-0.39, 0.29) is 0 Å². The Morgan fingerprint density at radius 2 is 2.19 bits per heavy atom. The molecule has 88 valence electrons. The van der Waals surface area contributed by atoms with Gasteiger partial charge in [-0.15, -0.1) is 0 Å². The van der Waals surface area contributed by atoms with Crippen LogP contribution >= 0.6 is 11.6 Å². The van der Waals surface area contributed by atoms with Gasteiger partial charge in [0.15, 0.2) is 0 Å². The summed E-state index contributed by atoms with van der Waals surface area (Å²) in [6.45, 7) is 0. The largest absolute Gasteiger partial charge is 0.481 e. The summed E-state index contributed by atoms with van der Waals surface area (Å²) in [5, 5.41) is 13.6. The molecule has 2 rings (SSSR count). The van der Waals surface area contributed by atoms with Crippen molar-refractivity contribution in [2.75, 3.05) is 0 Å². The predicted octanol–water partition coefficient (Wildman–Crippen LogP) is 2.74. The van der Waals surface area contributed by atoms with Gasteiger partial charge < -0.3 is 5.11 Å². The quantitative estimate of drug-likeness (QED) is 0.887. The van der Waals surface area contributed by atoms with Crippen LogP contribution in [0.25, 0.3) is 0 Å². The highest BCUT2D eigenvalue weighted by atomic mass is 35.5. The Bertz CT molecular complexity index is 370.